The highest BCUT2D eigenvalue weighted by Gasteiger charge is 2.33. The van der Waals surface area contributed by atoms with E-state index in [1.807, 2.05) is 0 Å². The van der Waals surface area contributed by atoms with Crippen LogP contribution in [0.3, 0.4) is 0 Å². The molecule has 0 heterocycles. The van der Waals surface area contributed by atoms with E-state index in [9.17, 15) is 18.0 Å². The molecule has 0 radical (unpaired) electrons. The van der Waals surface area contributed by atoms with E-state index in [4.69, 9.17) is 11.6 Å². The maximum absolute atomic E-state index is 12.0. The van der Waals surface area contributed by atoms with Crippen molar-refractivity contribution in [2.75, 3.05) is 0 Å². The molecule has 0 bridgehead atoms. The van der Waals surface area contributed by atoms with Crippen LogP contribution in [-0.2, 0) is 0 Å². The predicted molar refractivity (Wildman–Crippen MR) is 55.8 cm³/mol. The SMILES string of the molecule is CC(=O)c1cc(Br)c(Cl)cc1OC(F)(F)F. The molecule has 0 fully saturated rings. The molecule has 0 N–H and O–H groups in total. The van der Waals surface area contributed by atoms with Crippen LogP contribution in [0, 0.1) is 0 Å². The maximum Gasteiger partial charge on any atom is 0.573 e. The molecular weight excluding hydrogens is 312 g/mol. The molecule has 16 heavy (non-hydrogen) atoms. The van der Waals surface area contributed by atoms with Gasteiger partial charge in [-0.25, -0.2) is 0 Å². The van der Waals surface area contributed by atoms with E-state index in [1.165, 1.54) is 6.07 Å². The molecule has 0 aliphatic carbocycles. The molecule has 7 heteroatoms. The van der Waals surface area contributed by atoms with Gasteiger partial charge < -0.3 is 4.74 Å². The molecule has 0 aliphatic rings. The third-order valence-corrected chi connectivity index (χ3v) is 2.82. The van der Waals surface area contributed by atoms with E-state index in [1.54, 1.807) is 0 Å². The summed E-state index contributed by atoms with van der Waals surface area (Å²) in [5, 5.41) is 0.0317. The molecule has 1 aromatic rings. The van der Waals surface area contributed by atoms with Gasteiger partial charge in [0.1, 0.15) is 5.75 Å². The van der Waals surface area contributed by atoms with E-state index in [0.717, 1.165) is 13.0 Å². The number of ketones is 1. The molecule has 2 nitrogen and oxygen atoms in total. The maximum atomic E-state index is 12.0. The Bertz CT molecular complexity index is 431. The van der Waals surface area contributed by atoms with E-state index < -0.39 is 17.9 Å². The summed E-state index contributed by atoms with van der Waals surface area (Å²) in [5.41, 5.74) is -0.186. The van der Waals surface area contributed by atoms with Crippen molar-refractivity contribution in [2.24, 2.45) is 0 Å². The fourth-order valence-electron chi connectivity index (χ4n) is 1.01. The topological polar surface area (TPSA) is 26.3 Å². The van der Waals surface area contributed by atoms with Crippen LogP contribution < -0.4 is 4.74 Å². The third-order valence-electron chi connectivity index (χ3n) is 1.63. The zero-order chi connectivity index (χ0) is 12.5. The first-order valence-electron chi connectivity index (χ1n) is 3.96. The number of halogens is 5. The van der Waals surface area contributed by atoms with Gasteiger partial charge in [-0.15, -0.1) is 13.2 Å². The van der Waals surface area contributed by atoms with E-state index in [-0.39, 0.29) is 10.6 Å². The van der Waals surface area contributed by atoms with Crippen LogP contribution in [0.2, 0.25) is 5.02 Å². The van der Waals surface area contributed by atoms with Crippen molar-refractivity contribution < 1.29 is 22.7 Å². The number of benzene rings is 1. The van der Waals surface area contributed by atoms with Crippen molar-refractivity contribution >= 4 is 33.3 Å². The smallest absolute Gasteiger partial charge is 0.405 e. The van der Waals surface area contributed by atoms with Crippen molar-refractivity contribution in [3.05, 3.63) is 27.2 Å². The Morgan fingerprint density at radius 3 is 2.44 bits per heavy atom. The minimum atomic E-state index is -4.86. The van der Waals surface area contributed by atoms with Crippen LogP contribution in [-0.4, -0.2) is 12.1 Å². The minimum Gasteiger partial charge on any atom is -0.405 e. The standard InChI is InChI=1S/C9H5BrClF3O2/c1-4(15)5-2-6(10)7(11)3-8(5)16-9(12,13)14/h2-3H,1H3. The molecule has 0 aromatic heterocycles. The van der Waals surface area contributed by atoms with Crippen molar-refractivity contribution in [3.8, 4) is 5.75 Å². The Kier molecular flexibility index (Phi) is 3.85. The monoisotopic (exact) mass is 316 g/mol. The highest BCUT2D eigenvalue weighted by atomic mass is 79.9. The first kappa shape index (κ1) is 13.3. The van der Waals surface area contributed by atoms with Crippen molar-refractivity contribution in [1.82, 2.24) is 0 Å². The summed E-state index contributed by atoms with van der Waals surface area (Å²) in [6.07, 6.45) is -4.86. The molecule has 1 aromatic carbocycles. The lowest BCUT2D eigenvalue weighted by atomic mass is 10.1. The van der Waals surface area contributed by atoms with E-state index in [0.29, 0.717) is 4.47 Å². The fourth-order valence-corrected chi connectivity index (χ4v) is 1.51. The summed E-state index contributed by atoms with van der Waals surface area (Å²) < 4.78 is 40.1. The second-order valence-corrected chi connectivity index (χ2v) is 4.13. The van der Waals surface area contributed by atoms with Crippen molar-refractivity contribution in [1.29, 1.82) is 0 Å². The van der Waals surface area contributed by atoms with E-state index in [2.05, 4.69) is 20.7 Å². The van der Waals surface area contributed by atoms with Crippen LogP contribution in [0.4, 0.5) is 13.2 Å². The lowest BCUT2D eigenvalue weighted by Gasteiger charge is -2.12. The summed E-state index contributed by atoms with van der Waals surface area (Å²) in [6.45, 7) is 1.14. The second kappa shape index (κ2) is 4.63. The molecule has 0 saturated carbocycles. The van der Waals surface area contributed by atoms with Gasteiger partial charge in [-0.1, -0.05) is 11.6 Å². The number of hydrogen-bond donors (Lipinski definition) is 0. The normalized spacial score (nSPS) is 11.4. The zero-order valence-electron chi connectivity index (χ0n) is 7.86. The highest BCUT2D eigenvalue weighted by Crippen LogP contribution is 2.34. The van der Waals surface area contributed by atoms with Gasteiger partial charge in [-0.05, 0) is 28.9 Å². The summed E-state index contributed by atoms with van der Waals surface area (Å²) in [7, 11) is 0. The fraction of sp³-hybridized carbons (Fsp3) is 0.222. The Balaban J connectivity index is 3.25. The largest absolute Gasteiger partial charge is 0.573 e. The molecule has 0 aliphatic heterocycles. The number of alkyl halides is 3. The highest BCUT2D eigenvalue weighted by molar-refractivity contribution is 9.10. The summed E-state index contributed by atoms with van der Waals surface area (Å²) in [4.78, 5) is 11.1. The predicted octanol–water partition coefficient (Wildman–Crippen LogP) is 4.20. The van der Waals surface area contributed by atoms with Gasteiger partial charge in [0, 0.05) is 10.5 Å². The Hall–Kier alpha value is -0.750. The van der Waals surface area contributed by atoms with Gasteiger partial charge in [0.05, 0.1) is 10.6 Å². The summed E-state index contributed by atoms with van der Waals surface area (Å²) in [6, 6.07) is 2.13. The first-order valence-corrected chi connectivity index (χ1v) is 5.13. The molecule has 88 valence electrons. The number of carbonyl (C=O) groups excluding carboxylic acids is 1. The minimum absolute atomic E-state index is 0.0317. The zero-order valence-corrected chi connectivity index (χ0v) is 10.2. The van der Waals surface area contributed by atoms with Crippen LogP contribution in [0.15, 0.2) is 16.6 Å². The van der Waals surface area contributed by atoms with Gasteiger partial charge in [0.25, 0.3) is 0 Å². The number of Topliss-reactive ketones (excluding diaryl/α,β-unsaturated/α-hetero) is 1. The quantitative estimate of drug-likeness (QED) is 0.764. The molecule has 0 amide bonds. The van der Waals surface area contributed by atoms with Gasteiger partial charge >= 0.3 is 6.36 Å². The van der Waals surface area contributed by atoms with Gasteiger partial charge in [0.2, 0.25) is 0 Å². The number of hydrogen-bond acceptors (Lipinski definition) is 2. The molecule has 0 spiro atoms. The Labute approximate surface area is 102 Å². The van der Waals surface area contributed by atoms with Crippen LogP contribution in [0.25, 0.3) is 0 Å². The average Bonchev–Trinajstić information content (AvgIpc) is 2.07. The van der Waals surface area contributed by atoms with Crippen LogP contribution >= 0.6 is 27.5 Å². The van der Waals surface area contributed by atoms with Crippen molar-refractivity contribution in [3.63, 3.8) is 0 Å². The molecule has 0 atom stereocenters. The summed E-state index contributed by atoms with van der Waals surface area (Å²) in [5.74, 6) is -1.15. The number of rotatable bonds is 2. The van der Waals surface area contributed by atoms with E-state index >= 15 is 0 Å². The number of carbonyl (C=O) groups is 1. The van der Waals surface area contributed by atoms with Crippen LogP contribution in [0.5, 0.6) is 5.75 Å². The van der Waals surface area contributed by atoms with Gasteiger partial charge in [-0.2, -0.15) is 0 Å². The molecule has 1 rings (SSSR count). The first-order chi connectivity index (χ1) is 7.20. The lowest BCUT2D eigenvalue weighted by Crippen LogP contribution is -2.18. The third kappa shape index (κ3) is 3.38. The Morgan fingerprint density at radius 1 is 1.44 bits per heavy atom. The van der Waals surface area contributed by atoms with Gasteiger partial charge in [-0.3, -0.25) is 4.79 Å². The summed E-state index contributed by atoms with van der Waals surface area (Å²) >= 11 is 8.62. The van der Waals surface area contributed by atoms with Crippen molar-refractivity contribution in [2.45, 2.75) is 13.3 Å². The van der Waals surface area contributed by atoms with Gasteiger partial charge in [0.15, 0.2) is 5.78 Å². The second-order valence-electron chi connectivity index (χ2n) is 2.87. The number of ether oxygens (including phenoxy) is 1. The average molecular weight is 317 g/mol. The Morgan fingerprint density at radius 2 is 2.00 bits per heavy atom. The molecule has 0 unspecified atom stereocenters. The van der Waals surface area contributed by atoms with Crippen LogP contribution in [0.1, 0.15) is 17.3 Å². The molecular formula is C9H5BrClF3O2. The lowest BCUT2D eigenvalue weighted by molar-refractivity contribution is -0.274. The molecule has 0 saturated heterocycles.